The Balaban J connectivity index is 1.45. The lowest BCUT2D eigenvalue weighted by Crippen LogP contribution is -2.43. The summed E-state index contributed by atoms with van der Waals surface area (Å²) in [6, 6.07) is 5.77. The van der Waals surface area contributed by atoms with Gasteiger partial charge in [-0.3, -0.25) is 4.98 Å². The van der Waals surface area contributed by atoms with Crippen molar-refractivity contribution < 1.29 is 5.11 Å². The fourth-order valence-corrected chi connectivity index (χ4v) is 3.79. The Morgan fingerprint density at radius 3 is 2.77 bits per heavy atom. The Kier molecular flexibility index (Phi) is 4.85. The molecule has 1 aliphatic heterocycles. The van der Waals surface area contributed by atoms with Crippen LogP contribution >= 0.6 is 0 Å². The van der Waals surface area contributed by atoms with E-state index in [9.17, 15) is 5.11 Å². The summed E-state index contributed by atoms with van der Waals surface area (Å²) in [5.41, 5.74) is 1.65. The van der Waals surface area contributed by atoms with Crippen molar-refractivity contribution in [1.82, 2.24) is 35.0 Å². The van der Waals surface area contributed by atoms with Crippen LogP contribution in [0.1, 0.15) is 6.92 Å². The second-order valence-corrected chi connectivity index (χ2v) is 7.42. The van der Waals surface area contributed by atoms with Crippen molar-refractivity contribution in [2.24, 2.45) is 0 Å². The van der Waals surface area contributed by atoms with Gasteiger partial charge < -0.3 is 25.2 Å². The maximum Gasteiger partial charge on any atom is 0.230 e. The van der Waals surface area contributed by atoms with Gasteiger partial charge in [-0.2, -0.15) is 4.98 Å². The monoisotopic (exact) mass is 405 g/mol. The number of anilines is 3. The van der Waals surface area contributed by atoms with E-state index in [-0.39, 0.29) is 0 Å². The number of aliphatic hydroxyl groups is 1. The molecule has 10 nitrogen and oxygen atoms in total. The molecule has 5 rings (SSSR count). The van der Waals surface area contributed by atoms with Crippen LogP contribution in [0.4, 0.5) is 17.6 Å². The van der Waals surface area contributed by atoms with Gasteiger partial charge in [-0.05, 0) is 25.1 Å². The van der Waals surface area contributed by atoms with Crippen molar-refractivity contribution in [3.63, 3.8) is 0 Å². The Bertz CT molecular complexity index is 1170. The number of nitrogens with one attached hydrogen (secondary N) is 2. The van der Waals surface area contributed by atoms with Crippen LogP contribution in [0.5, 0.6) is 0 Å². The standard InChI is InChI=1S/C20H23N9O/c1-13(30)12-29-16-11-22-5-4-14(16)15-10-23-20(25-19(15)29)24-17-2-3-18(27-26-17)28-8-6-21-7-9-28/h2-5,10-11,13,21,30H,6-9,12H2,1H3,(H,23,24,25,26)/t13-/m0/s1. The summed E-state index contributed by atoms with van der Waals surface area (Å²) in [6.45, 7) is 5.91. The summed E-state index contributed by atoms with van der Waals surface area (Å²) in [7, 11) is 0. The number of pyridine rings is 1. The molecule has 0 radical (unpaired) electrons. The van der Waals surface area contributed by atoms with Crippen molar-refractivity contribution in [3.05, 3.63) is 36.8 Å². The van der Waals surface area contributed by atoms with Crippen LogP contribution in [0, 0.1) is 0 Å². The predicted molar refractivity (Wildman–Crippen MR) is 115 cm³/mol. The minimum absolute atomic E-state index is 0.418. The summed E-state index contributed by atoms with van der Waals surface area (Å²) in [5, 5.41) is 27.0. The van der Waals surface area contributed by atoms with E-state index in [1.165, 1.54) is 0 Å². The summed E-state index contributed by atoms with van der Waals surface area (Å²) in [4.78, 5) is 15.6. The predicted octanol–water partition coefficient (Wildman–Crippen LogP) is 1.30. The smallest absolute Gasteiger partial charge is 0.230 e. The van der Waals surface area contributed by atoms with E-state index in [2.05, 4.69) is 40.7 Å². The molecule has 0 spiro atoms. The zero-order valence-corrected chi connectivity index (χ0v) is 16.7. The zero-order valence-electron chi connectivity index (χ0n) is 16.7. The van der Waals surface area contributed by atoms with Crippen molar-refractivity contribution in [2.75, 3.05) is 36.4 Å². The summed E-state index contributed by atoms with van der Waals surface area (Å²) < 4.78 is 1.97. The molecule has 30 heavy (non-hydrogen) atoms. The van der Waals surface area contributed by atoms with Crippen LogP contribution in [-0.2, 0) is 6.54 Å². The number of aliphatic hydroxyl groups excluding tert-OH is 1. The molecule has 1 atom stereocenters. The Labute approximate surface area is 173 Å². The number of rotatable bonds is 5. The first-order chi connectivity index (χ1) is 14.7. The fraction of sp³-hybridized carbons (Fsp3) is 0.350. The van der Waals surface area contributed by atoms with Crippen LogP contribution in [0.3, 0.4) is 0 Å². The van der Waals surface area contributed by atoms with E-state index < -0.39 is 6.10 Å². The second-order valence-electron chi connectivity index (χ2n) is 7.42. The van der Waals surface area contributed by atoms with Gasteiger partial charge in [0, 0.05) is 49.3 Å². The van der Waals surface area contributed by atoms with E-state index in [0.29, 0.717) is 18.3 Å². The number of hydrogen-bond donors (Lipinski definition) is 3. The number of nitrogens with zero attached hydrogens (tertiary/aromatic N) is 7. The van der Waals surface area contributed by atoms with Gasteiger partial charge in [0.1, 0.15) is 5.65 Å². The minimum Gasteiger partial charge on any atom is -0.392 e. The summed E-state index contributed by atoms with van der Waals surface area (Å²) >= 11 is 0. The normalized spacial score (nSPS) is 15.6. The molecule has 154 valence electrons. The van der Waals surface area contributed by atoms with E-state index >= 15 is 0 Å². The third-order valence-corrected chi connectivity index (χ3v) is 5.18. The first kappa shape index (κ1) is 18.6. The van der Waals surface area contributed by atoms with Crippen LogP contribution in [0.15, 0.2) is 36.8 Å². The van der Waals surface area contributed by atoms with Crippen molar-refractivity contribution >= 4 is 39.5 Å². The van der Waals surface area contributed by atoms with E-state index in [0.717, 1.165) is 53.9 Å². The van der Waals surface area contributed by atoms with Crippen molar-refractivity contribution in [2.45, 2.75) is 19.6 Å². The van der Waals surface area contributed by atoms with Gasteiger partial charge in [0.2, 0.25) is 5.95 Å². The highest BCUT2D eigenvalue weighted by Crippen LogP contribution is 2.28. The average molecular weight is 405 g/mol. The summed E-state index contributed by atoms with van der Waals surface area (Å²) in [6.07, 6.45) is 4.80. The molecule has 0 bridgehead atoms. The molecule has 1 aliphatic rings. The topological polar surface area (TPSA) is 117 Å². The Morgan fingerprint density at radius 1 is 1.13 bits per heavy atom. The zero-order chi connectivity index (χ0) is 20.5. The lowest BCUT2D eigenvalue weighted by atomic mass is 10.2. The van der Waals surface area contributed by atoms with Crippen LogP contribution < -0.4 is 15.5 Å². The van der Waals surface area contributed by atoms with Gasteiger partial charge in [0.15, 0.2) is 11.6 Å². The van der Waals surface area contributed by atoms with Gasteiger partial charge in [-0.25, -0.2) is 4.98 Å². The summed E-state index contributed by atoms with van der Waals surface area (Å²) in [5.74, 6) is 1.87. The minimum atomic E-state index is -0.515. The van der Waals surface area contributed by atoms with Gasteiger partial charge in [-0.1, -0.05) is 0 Å². The molecule has 4 aromatic heterocycles. The van der Waals surface area contributed by atoms with Crippen LogP contribution in [0.2, 0.25) is 0 Å². The Morgan fingerprint density at radius 2 is 2.00 bits per heavy atom. The molecular formula is C20H23N9O. The molecule has 0 unspecified atom stereocenters. The highest BCUT2D eigenvalue weighted by molar-refractivity contribution is 6.06. The molecule has 0 aliphatic carbocycles. The maximum atomic E-state index is 9.95. The number of fused-ring (bicyclic) bond motifs is 3. The SMILES string of the molecule is C[C@H](O)Cn1c2cnccc2c2cnc(Nc3ccc(N4CCNCC4)nn3)nc21. The van der Waals surface area contributed by atoms with Gasteiger partial charge >= 0.3 is 0 Å². The molecule has 3 N–H and O–H groups in total. The van der Waals surface area contributed by atoms with E-state index in [1.54, 1.807) is 25.5 Å². The Hall–Kier alpha value is -3.37. The molecule has 1 fully saturated rings. The average Bonchev–Trinajstić information content (AvgIpc) is 3.08. The number of piperazine rings is 1. The third-order valence-electron chi connectivity index (χ3n) is 5.18. The molecule has 5 heterocycles. The number of aromatic nitrogens is 6. The van der Waals surface area contributed by atoms with Gasteiger partial charge in [0.05, 0.1) is 24.4 Å². The van der Waals surface area contributed by atoms with Crippen molar-refractivity contribution in [3.8, 4) is 0 Å². The second kappa shape index (κ2) is 7.81. The first-order valence-corrected chi connectivity index (χ1v) is 10.0. The van der Waals surface area contributed by atoms with Gasteiger partial charge in [-0.15, -0.1) is 10.2 Å². The molecule has 4 aromatic rings. The molecule has 0 saturated carbocycles. The van der Waals surface area contributed by atoms with Crippen LogP contribution in [0.25, 0.3) is 21.9 Å². The highest BCUT2D eigenvalue weighted by atomic mass is 16.3. The van der Waals surface area contributed by atoms with E-state index in [4.69, 9.17) is 0 Å². The molecule has 10 heteroatoms. The van der Waals surface area contributed by atoms with Crippen LogP contribution in [-0.4, -0.2) is 67.1 Å². The van der Waals surface area contributed by atoms with Crippen molar-refractivity contribution in [1.29, 1.82) is 0 Å². The molecule has 0 aromatic carbocycles. The van der Waals surface area contributed by atoms with Gasteiger partial charge in [0.25, 0.3) is 0 Å². The molecule has 1 saturated heterocycles. The van der Waals surface area contributed by atoms with E-state index in [1.807, 2.05) is 22.8 Å². The quantitative estimate of drug-likeness (QED) is 0.452. The highest BCUT2D eigenvalue weighted by Gasteiger charge is 2.16. The largest absolute Gasteiger partial charge is 0.392 e. The lowest BCUT2D eigenvalue weighted by molar-refractivity contribution is 0.176. The fourth-order valence-electron chi connectivity index (χ4n) is 3.79. The lowest BCUT2D eigenvalue weighted by Gasteiger charge is -2.27. The number of hydrogen-bond acceptors (Lipinski definition) is 9. The maximum absolute atomic E-state index is 9.95. The molecular weight excluding hydrogens is 382 g/mol. The molecule has 0 amide bonds. The third kappa shape index (κ3) is 3.51. The first-order valence-electron chi connectivity index (χ1n) is 10.0.